The van der Waals surface area contributed by atoms with E-state index in [0.717, 1.165) is 21.0 Å². The highest BCUT2D eigenvalue weighted by atomic mass is 79.9. The summed E-state index contributed by atoms with van der Waals surface area (Å²) in [6.45, 7) is 6.46. The van der Waals surface area contributed by atoms with Crippen molar-refractivity contribution in [3.05, 3.63) is 51.1 Å². The van der Waals surface area contributed by atoms with Crippen molar-refractivity contribution in [2.45, 2.75) is 26.8 Å². The summed E-state index contributed by atoms with van der Waals surface area (Å²) in [7, 11) is 0. The number of hydrogen-bond acceptors (Lipinski definition) is 6. The number of fused-ring (bicyclic) bond motifs is 1. The van der Waals surface area contributed by atoms with Gasteiger partial charge in [0.25, 0.3) is 0 Å². The van der Waals surface area contributed by atoms with E-state index in [1.54, 1.807) is 6.92 Å². The minimum Gasteiger partial charge on any atom is -0.494 e. The Morgan fingerprint density at radius 2 is 2.16 bits per heavy atom. The van der Waals surface area contributed by atoms with Gasteiger partial charge in [0.1, 0.15) is 5.75 Å². The number of carbonyl (C=O) groups is 1. The smallest absolute Gasteiger partial charge is 0.338 e. The van der Waals surface area contributed by atoms with Crippen molar-refractivity contribution in [2.24, 2.45) is 4.99 Å². The fourth-order valence-corrected chi connectivity index (χ4v) is 4.07. The normalized spacial score (nSPS) is 19.0. The molecule has 3 rings (SSSR count). The molecule has 5 nitrogen and oxygen atoms in total. The first kappa shape index (κ1) is 18.1. The average Bonchev–Trinajstić information content (AvgIpc) is 3.03. The third kappa shape index (κ3) is 3.48. The topological polar surface area (TPSA) is 51.1 Å². The number of thioether (sulfide) groups is 1. The largest absolute Gasteiger partial charge is 0.494 e. The van der Waals surface area contributed by atoms with E-state index in [-0.39, 0.29) is 12.0 Å². The number of ether oxygens (including phenoxy) is 2. The fourth-order valence-electron chi connectivity index (χ4n) is 2.90. The zero-order valence-electron chi connectivity index (χ0n) is 14.3. The van der Waals surface area contributed by atoms with Gasteiger partial charge in [-0.15, -0.1) is 0 Å². The molecule has 2 heterocycles. The van der Waals surface area contributed by atoms with Gasteiger partial charge in [0.05, 0.1) is 30.5 Å². The molecule has 0 saturated heterocycles. The maximum Gasteiger partial charge on any atom is 0.338 e. The predicted molar refractivity (Wildman–Crippen MR) is 103 cm³/mol. The average molecular weight is 423 g/mol. The molecule has 0 fully saturated rings. The lowest BCUT2D eigenvalue weighted by Gasteiger charge is -2.34. The van der Waals surface area contributed by atoms with E-state index in [0.29, 0.717) is 24.5 Å². The number of aliphatic imine (C=N–C) groups is 1. The summed E-state index contributed by atoms with van der Waals surface area (Å²) in [6, 6.07) is 5.50. The van der Waals surface area contributed by atoms with Crippen molar-refractivity contribution in [1.82, 2.24) is 4.90 Å². The Bertz CT molecular complexity index is 789. The van der Waals surface area contributed by atoms with Crippen LogP contribution in [0.15, 0.2) is 50.5 Å². The molecule has 0 amide bonds. The summed E-state index contributed by atoms with van der Waals surface area (Å²) < 4.78 is 12.1. The number of rotatable bonds is 5. The number of hydrogen-bond donors (Lipinski definition) is 0. The second-order valence-electron chi connectivity index (χ2n) is 5.44. The Labute approximate surface area is 159 Å². The van der Waals surface area contributed by atoms with Gasteiger partial charge in [-0.2, -0.15) is 0 Å². The van der Waals surface area contributed by atoms with Crippen molar-refractivity contribution in [3.8, 4) is 5.75 Å². The van der Waals surface area contributed by atoms with Crippen molar-refractivity contribution >= 4 is 38.8 Å². The molecule has 0 aromatic heterocycles. The molecule has 1 atom stereocenters. The molecular weight excluding hydrogens is 404 g/mol. The molecular formula is C18H19BrN2O3S. The molecule has 132 valence electrons. The van der Waals surface area contributed by atoms with Crippen LogP contribution in [-0.2, 0) is 9.53 Å². The van der Waals surface area contributed by atoms with Gasteiger partial charge in [0.15, 0.2) is 5.17 Å². The molecule has 1 aromatic rings. The minimum atomic E-state index is -0.347. The number of carbonyl (C=O) groups excluding carboxylic acids is 1. The van der Waals surface area contributed by atoms with E-state index in [1.165, 1.54) is 11.8 Å². The van der Waals surface area contributed by atoms with E-state index < -0.39 is 0 Å². The van der Waals surface area contributed by atoms with Crippen LogP contribution < -0.4 is 4.74 Å². The molecule has 0 aliphatic carbocycles. The van der Waals surface area contributed by atoms with Crippen LogP contribution in [-0.4, -0.2) is 29.3 Å². The number of esters is 1. The summed E-state index contributed by atoms with van der Waals surface area (Å²) in [6.07, 6.45) is 1.94. The summed E-state index contributed by atoms with van der Waals surface area (Å²) in [4.78, 5) is 19.2. The molecule has 0 unspecified atom stereocenters. The molecule has 25 heavy (non-hydrogen) atoms. The SMILES string of the molecule is CCOC(=O)C1=C(C)N=C2SC=CN2[C@H]1c1cc(Br)ccc1OCC. The molecule has 2 aliphatic heterocycles. The summed E-state index contributed by atoms with van der Waals surface area (Å²) in [5, 5.41) is 2.81. The quantitative estimate of drug-likeness (QED) is 0.648. The van der Waals surface area contributed by atoms with Crippen LogP contribution in [0.3, 0.4) is 0 Å². The van der Waals surface area contributed by atoms with Gasteiger partial charge in [-0.25, -0.2) is 9.79 Å². The van der Waals surface area contributed by atoms with Crippen LogP contribution >= 0.6 is 27.7 Å². The van der Waals surface area contributed by atoms with Crippen molar-refractivity contribution in [2.75, 3.05) is 13.2 Å². The number of benzene rings is 1. The Kier molecular flexibility index (Phi) is 5.54. The molecule has 7 heteroatoms. The summed E-state index contributed by atoms with van der Waals surface area (Å²) in [5.41, 5.74) is 2.11. The van der Waals surface area contributed by atoms with E-state index >= 15 is 0 Å². The third-order valence-corrected chi connectivity index (χ3v) is 5.15. The number of allylic oxidation sites excluding steroid dienone is 1. The van der Waals surface area contributed by atoms with Gasteiger partial charge in [-0.1, -0.05) is 27.7 Å². The summed E-state index contributed by atoms with van der Waals surface area (Å²) >= 11 is 5.07. The van der Waals surface area contributed by atoms with Crippen molar-refractivity contribution in [1.29, 1.82) is 0 Å². The lowest BCUT2D eigenvalue weighted by atomic mass is 9.94. The highest BCUT2D eigenvalue weighted by Crippen LogP contribution is 2.44. The van der Waals surface area contributed by atoms with Gasteiger partial charge in [-0.3, -0.25) is 0 Å². The van der Waals surface area contributed by atoms with Crippen LogP contribution in [0.2, 0.25) is 0 Å². The molecule has 0 spiro atoms. The van der Waals surface area contributed by atoms with Crippen LogP contribution in [0.1, 0.15) is 32.4 Å². The van der Waals surface area contributed by atoms with E-state index in [4.69, 9.17) is 9.47 Å². The minimum absolute atomic E-state index is 0.320. The Hall–Kier alpha value is -1.73. The zero-order valence-corrected chi connectivity index (χ0v) is 16.7. The predicted octanol–water partition coefficient (Wildman–Crippen LogP) is 4.62. The number of nitrogens with zero attached hydrogens (tertiary/aromatic N) is 2. The maximum absolute atomic E-state index is 12.7. The Balaban J connectivity index is 2.17. The molecule has 0 saturated carbocycles. The third-order valence-electron chi connectivity index (χ3n) is 3.88. The molecule has 0 N–H and O–H groups in total. The van der Waals surface area contributed by atoms with E-state index in [9.17, 15) is 4.79 Å². The standard InChI is InChI=1S/C18H19BrN2O3S/c1-4-23-14-7-6-12(19)10-13(14)16-15(17(22)24-5-2)11(3)20-18-21(16)8-9-25-18/h6-10,16H,4-5H2,1-3H3/t16-/m0/s1. The van der Waals surface area contributed by atoms with Gasteiger partial charge >= 0.3 is 5.97 Å². The molecule has 1 aromatic carbocycles. The first-order valence-corrected chi connectivity index (χ1v) is 9.74. The van der Waals surface area contributed by atoms with Gasteiger partial charge < -0.3 is 14.4 Å². The van der Waals surface area contributed by atoms with Crippen LogP contribution in [0, 0.1) is 0 Å². The zero-order chi connectivity index (χ0) is 18.0. The first-order valence-electron chi connectivity index (χ1n) is 8.07. The van der Waals surface area contributed by atoms with Crippen LogP contribution in [0.25, 0.3) is 0 Å². The second kappa shape index (κ2) is 7.66. The fraction of sp³-hybridized carbons (Fsp3) is 0.333. The number of halogens is 1. The van der Waals surface area contributed by atoms with Crippen LogP contribution in [0.4, 0.5) is 0 Å². The van der Waals surface area contributed by atoms with Crippen LogP contribution in [0.5, 0.6) is 5.75 Å². The highest BCUT2D eigenvalue weighted by molar-refractivity contribution is 9.10. The van der Waals surface area contributed by atoms with Gasteiger partial charge in [-0.05, 0) is 44.4 Å². The van der Waals surface area contributed by atoms with E-state index in [2.05, 4.69) is 20.9 Å². The summed E-state index contributed by atoms with van der Waals surface area (Å²) in [5.74, 6) is 0.400. The first-order chi connectivity index (χ1) is 12.1. The lowest BCUT2D eigenvalue weighted by Crippen LogP contribution is -2.34. The maximum atomic E-state index is 12.7. The van der Waals surface area contributed by atoms with Crippen molar-refractivity contribution in [3.63, 3.8) is 0 Å². The molecule has 0 bridgehead atoms. The second-order valence-corrected chi connectivity index (χ2v) is 7.23. The van der Waals surface area contributed by atoms with Gasteiger partial charge in [0, 0.05) is 16.2 Å². The highest BCUT2D eigenvalue weighted by Gasteiger charge is 2.38. The monoisotopic (exact) mass is 422 g/mol. The Morgan fingerprint density at radius 3 is 2.88 bits per heavy atom. The van der Waals surface area contributed by atoms with Gasteiger partial charge in [0.2, 0.25) is 0 Å². The van der Waals surface area contributed by atoms with Crippen molar-refractivity contribution < 1.29 is 14.3 Å². The Morgan fingerprint density at radius 1 is 1.36 bits per heavy atom. The van der Waals surface area contributed by atoms with E-state index in [1.807, 2.05) is 48.6 Å². The molecule has 2 aliphatic rings. The number of amidine groups is 1. The lowest BCUT2D eigenvalue weighted by molar-refractivity contribution is -0.139. The molecule has 0 radical (unpaired) electrons.